The van der Waals surface area contributed by atoms with Crippen molar-refractivity contribution in [1.82, 2.24) is 0 Å². The molecule has 6 atom stereocenters. The van der Waals surface area contributed by atoms with Crippen molar-refractivity contribution in [2.75, 3.05) is 26.4 Å². The molecule has 0 aromatic carbocycles. The minimum Gasteiger partial charge on any atom is -0.462 e. The second-order valence-corrected chi connectivity index (χ2v) is 20.1. The molecule has 10 nitrogen and oxygen atoms in total. The van der Waals surface area contributed by atoms with Crippen molar-refractivity contribution >= 4 is 29.5 Å². The molecular formula is C41H52F2O10. The third kappa shape index (κ3) is 5.36. The smallest absolute Gasteiger partial charge is 0.312 e. The molecule has 290 valence electrons. The molecule has 1 spiro atoms. The Morgan fingerprint density at radius 2 is 1.06 bits per heavy atom. The number of hydrogen-bond donors (Lipinski definition) is 0. The molecule has 13 aliphatic rings. The van der Waals surface area contributed by atoms with Crippen LogP contribution in [0.5, 0.6) is 0 Å². The van der Waals surface area contributed by atoms with Crippen LogP contribution >= 0.6 is 0 Å². The van der Waals surface area contributed by atoms with Crippen LogP contribution in [0.4, 0.5) is 8.78 Å². The molecule has 12 heteroatoms. The highest BCUT2D eigenvalue weighted by atomic mass is 19.3. The Bertz CT molecular complexity index is 1510. The SMILES string of the molecule is CC(F)(F)COC(=O)C12CC3CC(C1)C1(OCCC(COC(=O)C45CC6CC(C4)C(=O)C(C6)C5)(COC(=O)C45CC6CC(C4)C(=O)C(C6)C5)O1)C(C3)C2. The monoisotopic (exact) mass is 742 g/mol. The van der Waals surface area contributed by atoms with Crippen LogP contribution in [-0.2, 0) is 47.7 Å². The van der Waals surface area contributed by atoms with E-state index >= 15 is 0 Å². The molecule has 1 aliphatic heterocycles. The lowest BCUT2D eigenvalue weighted by Gasteiger charge is -2.65. The normalized spacial score (nSPS) is 49.8. The van der Waals surface area contributed by atoms with Gasteiger partial charge in [0.25, 0.3) is 5.92 Å². The van der Waals surface area contributed by atoms with Gasteiger partial charge in [0.15, 0.2) is 12.4 Å². The molecule has 13 rings (SSSR count). The van der Waals surface area contributed by atoms with Gasteiger partial charge in [0, 0.05) is 48.9 Å². The Kier molecular flexibility index (Phi) is 7.62. The standard InChI is InChI=1S/C41H52F2O10/c1-36(42,43)19-49-35(48)39-12-24-8-29(17-39)41(30(9-24)18-39)52-3-2-40(53-41,20-50-33(46)37-10-22-4-25(13-37)31(44)26(5-22)14-37)21-51-34(47)38-11-23-6-27(15-38)32(45)28(7-23)16-38/h22-30H,2-21H2,1H3. The van der Waals surface area contributed by atoms with Crippen LogP contribution in [0.1, 0.15) is 110 Å². The van der Waals surface area contributed by atoms with Crippen molar-refractivity contribution in [1.29, 1.82) is 0 Å². The summed E-state index contributed by atoms with van der Waals surface area (Å²) in [6.07, 6.45) is 10.1. The third-order valence-corrected chi connectivity index (χ3v) is 16.3. The Morgan fingerprint density at radius 1 is 0.642 bits per heavy atom. The van der Waals surface area contributed by atoms with Crippen LogP contribution in [-0.4, -0.2) is 73.2 Å². The third-order valence-electron chi connectivity index (χ3n) is 16.3. The van der Waals surface area contributed by atoms with Crippen molar-refractivity contribution in [2.24, 2.45) is 69.5 Å². The summed E-state index contributed by atoms with van der Waals surface area (Å²) >= 11 is 0. The van der Waals surface area contributed by atoms with Crippen molar-refractivity contribution in [3.05, 3.63) is 0 Å². The Hall–Kier alpha value is -2.47. The quantitative estimate of drug-likeness (QED) is 0.212. The highest BCUT2D eigenvalue weighted by Crippen LogP contribution is 2.67. The zero-order valence-electron chi connectivity index (χ0n) is 30.7. The number of hydrogen-bond acceptors (Lipinski definition) is 10. The number of esters is 3. The average molecular weight is 743 g/mol. The first-order valence-corrected chi connectivity index (χ1v) is 20.4. The first-order chi connectivity index (χ1) is 25.1. The summed E-state index contributed by atoms with van der Waals surface area (Å²) in [5, 5.41) is 0. The van der Waals surface area contributed by atoms with Gasteiger partial charge in [-0.05, 0) is 114 Å². The molecule has 0 aromatic heterocycles. The van der Waals surface area contributed by atoms with E-state index in [-0.39, 0.29) is 73.2 Å². The Morgan fingerprint density at radius 3 is 1.51 bits per heavy atom. The maximum absolute atomic E-state index is 14.2. The molecule has 0 N–H and O–H groups in total. The van der Waals surface area contributed by atoms with Crippen LogP contribution in [0.3, 0.4) is 0 Å². The maximum Gasteiger partial charge on any atom is 0.312 e. The van der Waals surface area contributed by atoms with Crippen LogP contribution in [0.15, 0.2) is 0 Å². The van der Waals surface area contributed by atoms with Gasteiger partial charge in [-0.2, -0.15) is 0 Å². The van der Waals surface area contributed by atoms with E-state index in [2.05, 4.69) is 0 Å². The molecule has 0 amide bonds. The van der Waals surface area contributed by atoms with Crippen molar-refractivity contribution in [3.8, 4) is 0 Å². The van der Waals surface area contributed by atoms with E-state index in [9.17, 15) is 32.8 Å². The topological polar surface area (TPSA) is 132 Å². The fourth-order valence-electron chi connectivity index (χ4n) is 14.7. The van der Waals surface area contributed by atoms with Gasteiger partial charge in [0.1, 0.15) is 30.4 Å². The first kappa shape index (κ1) is 35.0. The van der Waals surface area contributed by atoms with Gasteiger partial charge in [-0.25, -0.2) is 8.78 Å². The predicted octanol–water partition coefficient (Wildman–Crippen LogP) is 5.76. The Labute approximate surface area is 308 Å². The summed E-state index contributed by atoms with van der Waals surface area (Å²) in [5.74, 6) is -4.77. The molecular weight excluding hydrogens is 690 g/mol. The molecule has 12 aliphatic carbocycles. The molecule has 1 heterocycles. The summed E-state index contributed by atoms with van der Waals surface area (Å²) in [6, 6.07) is 0. The van der Waals surface area contributed by atoms with E-state index in [1.807, 2.05) is 0 Å². The lowest BCUT2D eigenvalue weighted by atomic mass is 9.47. The van der Waals surface area contributed by atoms with Crippen LogP contribution in [0.25, 0.3) is 0 Å². The summed E-state index contributed by atoms with van der Waals surface area (Å²) in [7, 11) is 0. The predicted molar refractivity (Wildman–Crippen MR) is 179 cm³/mol. The molecule has 1 saturated heterocycles. The first-order valence-electron chi connectivity index (χ1n) is 20.4. The number of alkyl halides is 2. The van der Waals surface area contributed by atoms with E-state index in [4.69, 9.17) is 23.7 Å². The number of carbonyl (C=O) groups excluding carboxylic acids is 5. The van der Waals surface area contributed by atoms with E-state index in [0.29, 0.717) is 74.8 Å². The van der Waals surface area contributed by atoms with E-state index in [1.165, 1.54) is 0 Å². The number of ketones is 2. The van der Waals surface area contributed by atoms with E-state index < -0.39 is 46.1 Å². The minimum atomic E-state index is -3.12. The molecule has 53 heavy (non-hydrogen) atoms. The fraction of sp³-hybridized carbons (Fsp3) is 0.878. The summed E-state index contributed by atoms with van der Waals surface area (Å²) in [5.41, 5.74) is -3.49. The van der Waals surface area contributed by atoms with Gasteiger partial charge in [0.2, 0.25) is 0 Å². The van der Waals surface area contributed by atoms with Gasteiger partial charge < -0.3 is 23.7 Å². The molecule has 0 radical (unpaired) electrons. The van der Waals surface area contributed by atoms with Gasteiger partial charge in [-0.1, -0.05) is 0 Å². The van der Waals surface area contributed by atoms with E-state index in [0.717, 1.165) is 58.3 Å². The fourth-order valence-corrected chi connectivity index (χ4v) is 14.7. The summed E-state index contributed by atoms with van der Waals surface area (Å²) in [6.45, 7) is -0.226. The largest absolute Gasteiger partial charge is 0.462 e. The van der Waals surface area contributed by atoms with Gasteiger partial charge in [0.05, 0.1) is 22.9 Å². The van der Waals surface area contributed by atoms with Gasteiger partial charge in [-0.15, -0.1) is 0 Å². The van der Waals surface area contributed by atoms with Crippen LogP contribution < -0.4 is 0 Å². The average Bonchev–Trinajstić information content (AvgIpc) is 3.11. The molecule has 0 aromatic rings. The lowest BCUT2D eigenvalue weighted by molar-refractivity contribution is -0.411. The minimum absolute atomic E-state index is 0.0888. The number of rotatable bonds is 9. The zero-order chi connectivity index (χ0) is 36.8. The number of carbonyl (C=O) groups is 5. The van der Waals surface area contributed by atoms with Crippen molar-refractivity contribution in [3.63, 3.8) is 0 Å². The number of halogens is 2. The molecule has 13 fully saturated rings. The van der Waals surface area contributed by atoms with Gasteiger partial charge in [-0.3, -0.25) is 24.0 Å². The highest BCUT2D eigenvalue weighted by molar-refractivity contribution is 5.90. The second-order valence-electron chi connectivity index (χ2n) is 20.1. The summed E-state index contributed by atoms with van der Waals surface area (Å²) < 4.78 is 59.1. The van der Waals surface area contributed by atoms with Crippen LogP contribution in [0.2, 0.25) is 0 Å². The van der Waals surface area contributed by atoms with Crippen molar-refractivity contribution in [2.45, 2.75) is 127 Å². The Balaban J connectivity index is 0.911. The van der Waals surface area contributed by atoms with Gasteiger partial charge >= 0.3 is 17.9 Å². The highest BCUT2D eigenvalue weighted by Gasteiger charge is 2.70. The van der Waals surface area contributed by atoms with Crippen molar-refractivity contribution < 1.29 is 56.4 Å². The van der Waals surface area contributed by atoms with Crippen LogP contribution in [0, 0.1) is 69.5 Å². The molecule has 12 bridgehead atoms. The zero-order valence-corrected chi connectivity index (χ0v) is 30.7. The summed E-state index contributed by atoms with van der Waals surface area (Å²) in [4.78, 5) is 67.7. The molecule has 12 saturated carbocycles. The second kappa shape index (κ2) is 11.5. The number of ether oxygens (including phenoxy) is 5. The maximum atomic E-state index is 14.2. The molecule has 6 unspecified atom stereocenters. The lowest BCUT2D eigenvalue weighted by Crippen LogP contribution is -2.70. The number of Topliss-reactive ketones (excluding diaryl/α,β-unsaturated/α-hetero) is 2. The van der Waals surface area contributed by atoms with E-state index in [1.54, 1.807) is 0 Å².